The number of amides is 3. The van der Waals surface area contributed by atoms with Crippen molar-refractivity contribution in [2.24, 2.45) is 7.05 Å². The Labute approximate surface area is 176 Å². The van der Waals surface area contributed by atoms with Gasteiger partial charge in [-0.05, 0) is 25.3 Å². The Morgan fingerprint density at radius 1 is 1.07 bits per heavy atom. The smallest absolute Gasteiger partial charge is 0.317 e. The fourth-order valence-electron chi connectivity index (χ4n) is 4.22. The molecule has 160 valence electrons. The second-order valence-corrected chi connectivity index (χ2v) is 8.25. The van der Waals surface area contributed by atoms with Crippen LogP contribution in [0.25, 0.3) is 11.1 Å². The molecule has 2 aliphatic rings. The summed E-state index contributed by atoms with van der Waals surface area (Å²) in [4.78, 5) is 31.3. The molecule has 2 aromatic rings. The number of nitrogens with one attached hydrogen (secondary N) is 2. The van der Waals surface area contributed by atoms with Gasteiger partial charge in [0.1, 0.15) is 5.82 Å². The summed E-state index contributed by atoms with van der Waals surface area (Å²) in [5.41, 5.74) is 7.94. The molecule has 1 aliphatic heterocycles. The minimum atomic E-state index is -0.273. The van der Waals surface area contributed by atoms with Gasteiger partial charge in [0.05, 0.1) is 11.8 Å². The van der Waals surface area contributed by atoms with Crippen LogP contribution in [0.3, 0.4) is 0 Å². The molecule has 1 saturated carbocycles. The summed E-state index contributed by atoms with van der Waals surface area (Å²) in [6.07, 6.45) is 11.6. The van der Waals surface area contributed by atoms with Crippen LogP contribution in [-0.4, -0.2) is 56.8 Å². The number of nitrogens with zero attached hydrogens (tertiary/aromatic N) is 4. The number of hydrogen-bond donors (Lipinski definition) is 3. The van der Waals surface area contributed by atoms with Gasteiger partial charge >= 0.3 is 6.03 Å². The normalized spacial score (nSPS) is 19.6. The van der Waals surface area contributed by atoms with Crippen molar-refractivity contribution < 1.29 is 9.59 Å². The van der Waals surface area contributed by atoms with Gasteiger partial charge in [0, 0.05) is 55.7 Å². The van der Waals surface area contributed by atoms with Crippen molar-refractivity contribution in [3.05, 3.63) is 30.2 Å². The van der Waals surface area contributed by atoms with Crippen molar-refractivity contribution in [3.63, 3.8) is 0 Å². The molecule has 0 aromatic carbocycles. The summed E-state index contributed by atoms with van der Waals surface area (Å²) in [5.74, 6) is -0.0877. The van der Waals surface area contributed by atoms with E-state index in [4.69, 9.17) is 5.73 Å². The van der Waals surface area contributed by atoms with E-state index in [1.165, 1.54) is 19.3 Å². The minimum absolute atomic E-state index is 0.0293. The number of urea groups is 1. The number of aryl methyl sites for hydroxylation is 1. The maximum absolute atomic E-state index is 12.8. The van der Waals surface area contributed by atoms with Gasteiger partial charge in [-0.2, -0.15) is 5.10 Å². The van der Waals surface area contributed by atoms with Gasteiger partial charge in [0.25, 0.3) is 5.91 Å². The standard InChI is InChI=1S/C21H29N7O2/c1-27-12-15(11-24-27)14-9-18(19(22)23-10-14)20(29)25-17-7-8-28(13-17)21(30)26-16-5-3-2-4-6-16/h9-12,16-17H,2-8,13H2,1H3,(H2,22,23)(H,25,29)(H,26,30)/t17-/m1/s1. The van der Waals surface area contributed by atoms with E-state index in [1.807, 2.05) is 13.2 Å². The second kappa shape index (κ2) is 8.73. The number of carbonyl (C=O) groups is 2. The molecular weight excluding hydrogens is 382 g/mol. The number of likely N-dealkylation sites (tertiary alicyclic amines) is 1. The summed E-state index contributed by atoms with van der Waals surface area (Å²) in [6.45, 7) is 1.13. The molecule has 0 spiro atoms. The second-order valence-electron chi connectivity index (χ2n) is 8.25. The van der Waals surface area contributed by atoms with Crippen LogP contribution in [0.2, 0.25) is 0 Å². The first kappa shape index (κ1) is 20.2. The number of pyridine rings is 1. The van der Waals surface area contributed by atoms with E-state index in [0.717, 1.165) is 30.4 Å². The predicted molar refractivity (Wildman–Crippen MR) is 114 cm³/mol. The van der Waals surface area contributed by atoms with Gasteiger partial charge in [-0.25, -0.2) is 9.78 Å². The van der Waals surface area contributed by atoms with Crippen molar-refractivity contribution in [2.75, 3.05) is 18.8 Å². The third-order valence-electron chi connectivity index (χ3n) is 5.94. The van der Waals surface area contributed by atoms with E-state index in [2.05, 4.69) is 20.7 Å². The lowest BCUT2D eigenvalue weighted by Gasteiger charge is -2.26. The fraction of sp³-hybridized carbons (Fsp3) is 0.524. The molecule has 9 heteroatoms. The van der Waals surface area contributed by atoms with Crippen LogP contribution in [0.5, 0.6) is 0 Å². The highest BCUT2D eigenvalue weighted by atomic mass is 16.2. The summed E-state index contributed by atoms with van der Waals surface area (Å²) >= 11 is 0. The largest absolute Gasteiger partial charge is 0.383 e. The quantitative estimate of drug-likeness (QED) is 0.710. The van der Waals surface area contributed by atoms with Crippen LogP contribution in [0.15, 0.2) is 24.7 Å². The molecule has 2 fully saturated rings. The highest BCUT2D eigenvalue weighted by Crippen LogP contribution is 2.22. The Balaban J connectivity index is 1.35. The average Bonchev–Trinajstić information content (AvgIpc) is 3.38. The number of nitrogen functional groups attached to an aromatic ring is 1. The lowest BCUT2D eigenvalue weighted by Crippen LogP contribution is -2.46. The van der Waals surface area contributed by atoms with Crippen LogP contribution in [0.1, 0.15) is 48.9 Å². The van der Waals surface area contributed by atoms with E-state index in [9.17, 15) is 9.59 Å². The lowest BCUT2D eigenvalue weighted by molar-refractivity contribution is 0.0938. The molecule has 2 aromatic heterocycles. The molecule has 4 rings (SSSR count). The zero-order chi connectivity index (χ0) is 21.1. The van der Waals surface area contributed by atoms with Crippen LogP contribution < -0.4 is 16.4 Å². The first-order chi connectivity index (χ1) is 14.5. The first-order valence-corrected chi connectivity index (χ1v) is 10.6. The van der Waals surface area contributed by atoms with Crippen molar-refractivity contribution >= 4 is 17.8 Å². The highest BCUT2D eigenvalue weighted by Gasteiger charge is 2.29. The number of carbonyl (C=O) groups excluding carboxylic acids is 2. The Bertz CT molecular complexity index is 920. The van der Waals surface area contributed by atoms with Gasteiger partial charge in [0.15, 0.2) is 0 Å². The Kier molecular flexibility index (Phi) is 5.87. The van der Waals surface area contributed by atoms with Gasteiger partial charge in [-0.3, -0.25) is 9.48 Å². The predicted octanol–water partition coefficient (Wildman–Crippen LogP) is 1.91. The molecule has 9 nitrogen and oxygen atoms in total. The number of nitrogens with two attached hydrogens (primary N) is 1. The van der Waals surface area contributed by atoms with Gasteiger partial charge in [0.2, 0.25) is 0 Å². The zero-order valence-corrected chi connectivity index (χ0v) is 17.3. The van der Waals surface area contributed by atoms with Crippen molar-refractivity contribution in [3.8, 4) is 11.1 Å². The molecule has 0 unspecified atom stereocenters. The topological polar surface area (TPSA) is 118 Å². The molecule has 4 N–H and O–H groups in total. The van der Waals surface area contributed by atoms with E-state index < -0.39 is 0 Å². The lowest BCUT2D eigenvalue weighted by atomic mass is 9.96. The van der Waals surface area contributed by atoms with Gasteiger partial charge in [-0.15, -0.1) is 0 Å². The molecule has 1 saturated heterocycles. The van der Waals surface area contributed by atoms with E-state index in [0.29, 0.717) is 18.7 Å². The number of anilines is 1. The van der Waals surface area contributed by atoms with Crippen LogP contribution in [0, 0.1) is 0 Å². The molecule has 1 atom stereocenters. The van der Waals surface area contributed by atoms with Crippen molar-refractivity contribution in [1.29, 1.82) is 0 Å². The third-order valence-corrected chi connectivity index (χ3v) is 5.94. The monoisotopic (exact) mass is 411 g/mol. The number of aromatic nitrogens is 3. The Morgan fingerprint density at radius 3 is 2.60 bits per heavy atom. The van der Waals surface area contributed by atoms with Crippen LogP contribution in [-0.2, 0) is 7.05 Å². The van der Waals surface area contributed by atoms with E-state index in [1.54, 1.807) is 28.0 Å². The van der Waals surface area contributed by atoms with Crippen molar-refractivity contribution in [2.45, 2.75) is 50.6 Å². The Hall–Kier alpha value is -3.10. The average molecular weight is 412 g/mol. The SMILES string of the molecule is Cn1cc(-c2cnc(N)c(C(=O)N[C@@H]3CCN(C(=O)NC4CCCCC4)C3)c2)cn1. The Morgan fingerprint density at radius 2 is 1.87 bits per heavy atom. The zero-order valence-electron chi connectivity index (χ0n) is 17.3. The van der Waals surface area contributed by atoms with Crippen LogP contribution in [0.4, 0.5) is 10.6 Å². The third kappa shape index (κ3) is 4.55. The summed E-state index contributed by atoms with van der Waals surface area (Å²) in [5, 5.41) is 10.3. The fourth-order valence-corrected chi connectivity index (χ4v) is 4.22. The highest BCUT2D eigenvalue weighted by molar-refractivity contribution is 5.99. The van der Waals surface area contributed by atoms with Gasteiger partial charge in [-0.1, -0.05) is 19.3 Å². The number of hydrogen-bond acceptors (Lipinski definition) is 5. The minimum Gasteiger partial charge on any atom is -0.383 e. The number of rotatable bonds is 4. The molecule has 3 amide bonds. The molecule has 0 bridgehead atoms. The van der Waals surface area contributed by atoms with Gasteiger partial charge < -0.3 is 21.3 Å². The van der Waals surface area contributed by atoms with E-state index >= 15 is 0 Å². The summed E-state index contributed by atoms with van der Waals surface area (Å²) in [7, 11) is 1.83. The molecular formula is C21H29N7O2. The molecule has 1 aliphatic carbocycles. The summed E-state index contributed by atoms with van der Waals surface area (Å²) in [6, 6.07) is 1.88. The van der Waals surface area contributed by atoms with Crippen LogP contribution >= 0.6 is 0 Å². The van der Waals surface area contributed by atoms with Crippen molar-refractivity contribution in [1.82, 2.24) is 30.3 Å². The maximum Gasteiger partial charge on any atom is 0.317 e. The first-order valence-electron chi connectivity index (χ1n) is 10.6. The molecule has 30 heavy (non-hydrogen) atoms. The van der Waals surface area contributed by atoms with E-state index in [-0.39, 0.29) is 29.8 Å². The molecule has 0 radical (unpaired) electrons. The molecule has 3 heterocycles. The maximum atomic E-state index is 12.8. The summed E-state index contributed by atoms with van der Waals surface area (Å²) < 4.78 is 1.69.